The second-order valence-corrected chi connectivity index (χ2v) is 24.6. The lowest BCUT2D eigenvalue weighted by molar-refractivity contribution is -0.137. The van der Waals surface area contributed by atoms with E-state index in [-0.39, 0.29) is 44.6 Å². The third-order valence-electron chi connectivity index (χ3n) is 10.4. The average molecular weight is 1440 g/mol. The second-order valence-electron chi connectivity index (χ2n) is 17.3. The number of carbonyl (C=O) groups is 6. The Kier molecular flexibility index (Phi) is 28.7. The monoisotopic (exact) mass is 1440 g/mol. The molecule has 5 amide bonds. The Balaban J connectivity index is 0.000000277. The standard InChI is InChI=1S/C15H15ClFN3O3S2.C15H18N6O6S.C14H10F4N4O7S.C3H8NO5P/c1-23-13(21)8-24-12-7-11(10(17)6-9(12)16)18-14-19-4-2-3-5-20(19)15(22)25-14;1-21(2)13(22)9-6-5-7-16-12(9)28(24,25)20-15(23)19-14-17-10(26-3)8-11(18-14)27-4;15-11(16)28-8-5-9(29-12(17)18)20-13(19-8)21-14(25)22-30(26,27)7-4-2-1-3-6(7)10(23)24;5-3(6)1-4-2-10(7,8)9/h6-7H,2-5,8H2,1H3;5-8H,1-4H3,(H2,17,18,19,20,23);1-5,11-12H,(H,23,24)(H2,19,20,21,22,25);4H,1-2H2,(H,5,6)(H2,7,8,9). The summed E-state index contributed by atoms with van der Waals surface area (Å²) < 4.78 is 152. The summed E-state index contributed by atoms with van der Waals surface area (Å²) in [6, 6.07) is 8.77. The number of aliphatic carboxylic acids is 1. The van der Waals surface area contributed by atoms with Crippen LogP contribution in [0.15, 0.2) is 91.5 Å². The number of rotatable bonds is 22. The molecule has 0 aliphatic carbocycles. The Bertz CT molecular complexity index is 4070. The smallest absolute Gasteiger partial charge is 0.388 e. The summed E-state index contributed by atoms with van der Waals surface area (Å²) in [5.74, 6) is -7.18. The number of thioether (sulfide) groups is 1. The molecule has 0 fully saturated rings. The van der Waals surface area contributed by atoms with Crippen LogP contribution in [0.25, 0.3) is 0 Å². The first-order valence-corrected chi connectivity index (χ1v) is 31.9. The largest absolute Gasteiger partial charge is 0.481 e. The van der Waals surface area contributed by atoms with Crippen LogP contribution in [0.2, 0.25) is 5.02 Å². The SMILES string of the molecule is COC(=O)CSc1cc(N=c2sc(=O)n3n2CCCC3)c(F)cc1Cl.COc1cc(OC)nc(NC(=O)NS(=O)(=O)c2ncccc2C(=O)N(C)C)n1.O=C(Nc1nc(OC(F)F)cc(OC(F)F)n1)NS(=O)(=O)c1ccccc1C(=O)O.O=C(O)CNCP(=O)(O)O. The number of anilines is 2. The summed E-state index contributed by atoms with van der Waals surface area (Å²) in [7, 11) is -6.36. The third kappa shape index (κ3) is 24.8. The lowest BCUT2D eigenvalue weighted by atomic mass is 10.2. The van der Waals surface area contributed by atoms with E-state index in [4.69, 9.17) is 41.1 Å². The maximum absolute atomic E-state index is 14.3. The molecule has 9 N–H and O–H groups in total. The normalized spacial score (nSPS) is 12.0. The molecule has 0 saturated carbocycles. The van der Waals surface area contributed by atoms with Gasteiger partial charge in [0.1, 0.15) is 16.4 Å². The molecule has 2 aromatic carbocycles. The van der Waals surface area contributed by atoms with E-state index in [1.54, 1.807) is 19.4 Å². The van der Waals surface area contributed by atoms with E-state index in [0.717, 1.165) is 54.1 Å². The number of aromatic carboxylic acids is 1. The van der Waals surface area contributed by atoms with Crippen molar-refractivity contribution in [1.29, 1.82) is 0 Å². The lowest BCUT2D eigenvalue weighted by Crippen LogP contribution is -2.36. The number of urea groups is 2. The number of carboxylic acids is 2. The van der Waals surface area contributed by atoms with Crippen molar-refractivity contribution in [3.05, 3.63) is 103 Å². The first-order valence-electron chi connectivity index (χ1n) is 25.0. The van der Waals surface area contributed by atoms with Crippen LogP contribution in [-0.2, 0) is 52.0 Å². The van der Waals surface area contributed by atoms with E-state index in [1.807, 2.05) is 0 Å². The zero-order valence-corrected chi connectivity index (χ0v) is 53.0. The van der Waals surface area contributed by atoms with Crippen LogP contribution >= 0.6 is 42.3 Å². The number of pyridine rings is 1. The number of hydrogen-bond donors (Lipinski definition) is 9. The highest BCUT2D eigenvalue weighted by molar-refractivity contribution is 8.00. The number of nitrogens with one attached hydrogen (secondary N) is 5. The van der Waals surface area contributed by atoms with Crippen molar-refractivity contribution in [2.24, 2.45) is 4.99 Å². The van der Waals surface area contributed by atoms with Gasteiger partial charge in [-0.15, -0.1) is 11.8 Å². The Hall–Kier alpha value is -9.17. The van der Waals surface area contributed by atoms with E-state index >= 15 is 0 Å². The number of sulfonamides is 2. The summed E-state index contributed by atoms with van der Waals surface area (Å²) >= 11 is 8.17. The molecule has 7 rings (SSSR count). The minimum Gasteiger partial charge on any atom is -0.481 e. The molecule has 0 spiro atoms. The summed E-state index contributed by atoms with van der Waals surface area (Å²) in [5.41, 5.74) is -0.749. The van der Waals surface area contributed by atoms with Crippen LogP contribution in [0.4, 0.5) is 49.1 Å². The molecular weight excluding hydrogens is 1390 g/mol. The van der Waals surface area contributed by atoms with Crippen LogP contribution < -0.4 is 54.0 Å². The van der Waals surface area contributed by atoms with Crippen molar-refractivity contribution >= 4 is 116 Å². The van der Waals surface area contributed by atoms with E-state index in [9.17, 15) is 76.9 Å². The number of halogens is 6. The van der Waals surface area contributed by atoms with Crippen LogP contribution in [0.1, 0.15) is 33.6 Å². The van der Waals surface area contributed by atoms with Gasteiger partial charge in [0.25, 0.3) is 26.0 Å². The Morgan fingerprint density at radius 1 is 0.785 bits per heavy atom. The van der Waals surface area contributed by atoms with Gasteiger partial charge in [-0.2, -0.15) is 45.9 Å². The summed E-state index contributed by atoms with van der Waals surface area (Å²) in [6.07, 6.45) is 2.49. The number of ether oxygens (including phenoxy) is 5. The first kappa shape index (κ1) is 76.3. The van der Waals surface area contributed by atoms with E-state index in [1.165, 1.54) is 87.6 Å². The highest BCUT2D eigenvalue weighted by atomic mass is 35.5. The molecule has 0 bridgehead atoms. The molecule has 506 valence electrons. The van der Waals surface area contributed by atoms with Gasteiger partial charge in [-0.05, 0) is 60.6 Å². The van der Waals surface area contributed by atoms with Crippen LogP contribution in [0.3, 0.4) is 0 Å². The molecule has 46 heteroatoms. The fraction of sp³-hybridized carbons (Fsp3) is 0.298. The number of amides is 5. The van der Waals surface area contributed by atoms with Crippen molar-refractivity contribution in [2.45, 2.75) is 54.0 Å². The van der Waals surface area contributed by atoms with Gasteiger partial charge in [0, 0.05) is 38.3 Å². The van der Waals surface area contributed by atoms with E-state index in [2.05, 4.69) is 54.8 Å². The maximum Gasteiger partial charge on any atom is 0.388 e. The number of nitrogens with zero attached hydrogens (tertiary/aromatic N) is 9. The van der Waals surface area contributed by atoms with Gasteiger partial charge in [0.15, 0.2) is 5.03 Å². The number of hydrogen-bond acceptors (Lipinski definition) is 26. The average Bonchev–Trinajstić information content (AvgIpc) is 1.76. The highest BCUT2D eigenvalue weighted by Gasteiger charge is 2.29. The van der Waals surface area contributed by atoms with Crippen molar-refractivity contribution < 1.29 is 116 Å². The molecule has 0 atom stereocenters. The number of aromatic nitrogens is 7. The van der Waals surface area contributed by atoms with Crippen LogP contribution in [-0.4, -0.2) is 179 Å². The molecule has 0 saturated heterocycles. The predicted molar refractivity (Wildman–Crippen MR) is 312 cm³/mol. The van der Waals surface area contributed by atoms with Gasteiger partial charge in [0.05, 0.1) is 68.2 Å². The van der Waals surface area contributed by atoms with Gasteiger partial charge >= 0.3 is 55.7 Å². The molecular formula is C47H51ClF5N14O21PS4. The molecule has 0 radical (unpaired) electrons. The second kappa shape index (κ2) is 35.0. The Morgan fingerprint density at radius 3 is 1.83 bits per heavy atom. The summed E-state index contributed by atoms with van der Waals surface area (Å²) in [6.45, 7) is -5.93. The molecule has 6 aromatic rings. The molecule has 1 aliphatic heterocycles. The van der Waals surface area contributed by atoms with E-state index < -0.39 is 129 Å². The Morgan fingerprint density at radius 2 is 1.31 bits per heavy atom. The fourth-order valence-corrected chi connectivity index (χ4v) is 11.2. The number of benzene rings is 2. The zero-order valence-electron chi connectivity index (χ0n) is 48.1. The van der Waals surface area contributed by atoms with E-state index in [0.29, 0.717) is 28.9 Å². The quantitative estimate of drug-likeness (QED) is 0.0203. The van der Waals surface area contributed by atoms with Crippen molar-refractivity contribution in [2.75, 3.05) is 64.6 Å². The number of carboxylic acid groups (broad SMARTS) is 2. The third-order valence-corrected chi connectivity index (χ3v) is 16.1. The predicted octanol–water partition coefficient (Wildman–Crippen LogP) is 3.58. The molecule has 93 heavy (non-hydrogen) atoms. The molecule has 4 aromatic heterocycles. The number of methoxy groups -OCH3 is 3. The van der Waals surface area contributed by atoms with Gasteiger partial charge in [-0.3, -0.25) is 44.4 Å². The lowest BCUT2D eigenvalue weighted by Gasteiger charge is -2.15. The first-order chi connectivity index (χ1) is 43.6. The zero-order chi connectivity index (χ0) is 69.5. The summed E-state index contributed by atoms with van der Waals surface area (Å²) in [4.78, 5) is 120. The van der Waals surface area contributed by atoms with Crippen molar-refractivity contribution in [3.63, 3.8) is 0 Å². The minimum atomic E-state index is -4.71. The topological polar surface area (TPSA) is 482 Å². The number of fused-ring (bicyclic) bond motifs is 1. The summed E-state index contributed by atoms with van der Waals surface area (Å²) in [5, 5.41) is 22.6. The van der Waals surface area contributed by atoms with Gasteiger partial charge < -0.3 is 48.6 Å². The molecule has 1 aliphatic rings. The Labute approximate surface area is 533 Å². The van der Waals surface area contributed by atoms with Gasteiger partial charge in [0.2, 0.25) is 40.2 Å². The number of esters is 1. The van der Waals surface area contributed by atoms with Gasteiger partial charge in [-0.25, -0.2) is 51.3 Å². The fourth-order valence-electron chi connectivity index (χ4n) is 6.66. The minimum absolute atomic E-state index is 0.0605. The molecule has 5 heterocycles. The maximum atomic E-state index is 14.3. The molecule has 0 unspecified atom stereocenters. The number of carbonyl (C=O) groups excluding carboxylic acids is 4. The highest BCUT2D eigenvalue weighted by Crippen LogP contribution is 2.34. The van der Waals surface area contributed by atoms with Crippen molar-refractivity contribution in [3.8, 4) is 23.5 Å². The number of alkyl halides is 4. The molecule has 35 nitrogen and oxygen atoms in total. The van der Waals surface area contributed by atoms with Crippen molar-refractivity contribution in [1.82, 2.24) is 53.9 Å². The van der Waals surface area contributed by atoms with Crippen LogP contribution in [0.5, 0.6) is 23.5 Å². The van der Waals surface area contributed by atoms with Crippen LogP contribution in [0, 0.1) is 5.82 Å². The van der Waals surface area contributed by atoms with Gasteiger partial charge in [-0.1, -0.05) is 23.7 Å².